The number of rotatable bonds is 12. The number of carbonyl (C=O) groups excluding carboxylic acids is 2. The van der Waals surface area contributed by atoms with E-state index in [9.17, 15) is 9.59 Å². The Morgan fingerprint density at radius 1 is 1.02 bits per heavy atom. The zero-order chi connectivity index (χ0) is 28.6. The van der Waals surface area contributed by atoms with E-state index in [0.29, 0.717) is 31.0 Å². The molecule has 1 unspecified atom stereocenters. The number of aromatic amines is 1. The maximum Gasteiger partial charge on any atom is 0.258 e. The van der Waals surface area contributed by atoms with Gasteiger partial charge in [-0.2, -0.15) is 0 Å². The third-order valence-electron chi connectivity index (χ3n) is 6.84. The van der Waals surface area contributed by atoms with Gasteiger partial charge < -0.3 is 24.7 Å². The van der Waals surface area contributed by atoms with Crippen molar-refractivity contribution in [3.05, 3.63) is 103 Å². The highest BCUT2D eigenvalue weighted by molar-refractivity contribution is 5.83. The van der Waals surface area contributed by atoms with Gasteiger partial charge >= 0.3 is 0 Å². The second kappa shape index (κ2) is 12.8. The lowest BCUT2D eigenvalue weighted by Gasteiger charge is -2.28. The monoisotopic (exact) mass is 552 g/mol. The molecule has 0 saturated carbocycles. The van der Waals surface area contributed by atoms with Crippen molar-refractivity contribution in [3.8, 4) is 17.2 Å². The smallest absolute Gasteiger partial charge is 0.258 e. The molecule has 41 heavy (non-hydrogen) atoms. The summed E-state index contributed by atoms with van der Waals surface area (Å²) in [5.41, 5.74) is 3.79. The van der Waals surface area contributed by atoms with Crippen LogP contribution >= 0.6 is 0 Å². The quantitative estimate of drug-likeness (QED) is 0.243. The van der Waals surface area contributed by atoms with Gasteiger partial charge in [-0.05, 0) is 48.4 Å². The van der Waals surface area contributed by atoms with Crippen molar-refractivity contribution in [2.45, 2.75) is 25.9 Å². The van der Waals surface area contributed by atoms with E-state index in [-0.39, 0.29) is 24.5 Å². The van der Waals surface area contributed by atoms with Crippen LogP contribution in [-0.4, -0.2) is 63.0 Å². The zero-order valence-electron chi connectivity index (χ0n) is 23.0. The van der Waals surface area contributed by atoms with Crippen molar-refractivity contribution >= 4 is 22.7 Å². The number of benzene rings is 3. The average Bonchev–Trinajstić information content (AvgIpc) is 3.67. The first-order valence-electron chi connectivity index (χ1n) is 13.3. The van der Waals surface area contributed by atoms with Gasteiger partial charge in [-0.1, -0.05) is 41.6 Å². The van der Waals surface area contributed by atoms with E-state index in [1.807, 2.05) is 66.9 Å². The van der Waals surface area contributed by atoms with Gasteiger partial charge in [0.25, 0.3) is 5.91 Å². The van der Waals surface area contributed by atoms with Gasteiger partial charge in [0.05, 0.1) is 31.2 Å². The van der Waals surface area contributed by atoms with Gasteiger partial charge in [0, 0.05) is 42.7 Å². The standard InChI is InChI=1S/C31H32N6O4/c1-22(38)36(19-23-7-3-6-10-30(23)40-2)20-25(17-24-18-32-29-9-5-4-8-28(24)29)34-31(39)21-41-27-13-11-26(12-14-27)37-16-15-33-35-37/h3-16,18,25,32H,17,19-21H2,1-2H3,(H,34,39). The Hall–Kier alpha value is -5.12. The number of ether oxygens (including phenoxy) is 2. The first-order valence-corrected chi connectivity index (χ1v) is 13.3. The second-order valence-electron chi connectivity index (χ2n) is 9.67. The predicted molar refractivity (Wildman–Crippen MR) is 155 cm³/mol. The molecule has 0 bridgehead atoms. The fraction of sp³-hybridized carbons (Fsp3) is 0.226. The lowest BCUT2D eigenvalue weighted by molar-refractivity contribution is -0.131. The van der Waals surface area contributed by atoms with Crippen molar-refractivity contribution in [2.75, 3.05) is 20.3 Å². The Morgan fingerprint density at radius 2 is 1.80 bits per heavy atom. The molecule has 10 nitrogen and oxygen atoms in total. The molecule has 2 amide bonds. The molecule has 5 aromatic rings. The van der Waals surface area contributed by atoms with Crippen LogP contribution in [0.25, 0.3) is 16.6 Å². The summed E-state index contributed by atoms with van der Waals surface area (Å²) in [5, 5.41) is 12.0. The SMILES string of the molecule is COc1ccccc1CN(CC(Cc1c[nH]c2ccccc12)NC(=O)COc1ccc(-n2ccnn2)cc1)C(C)=O. The molecule has 3 aromatic carbocycles. The minimum atomic E-state index is -0.362. The van der Waals surface area contributed by atoms with E-state index in [1.54, 1.807) is 41.2 Å². The molecule has 0 fully saturated rings. The highest BCUT2D eigenvalue weighted by atomic mass is 16.5. The zero-order valence-corrected chi connectivity index (χ0v) is 23.0. The van der Waals surface area contributed by atoms with Gasteiger partial charge in [0.1, 0.15) is 11.5 Å². The van der Waals surface area contributed by atoms with E-state index in [0.717, 1.165) is 27.7 Å². The van der Waals surface area contributed by atoms with Gasteiger partial charge in [-0.15, -0.1) is 5.10 Å². The molecule has 1 atom stereocenters. The number of carbonyl (C=O) groups is 2. The molecule has 2 aromatic heterocycles. The molecule has 2 heterocycles. The minimum absolute atomic E-state index is 0.0993. The Balaban J connectivity index is 1.29. The molecule has 210 valence electrons. The minimum Gasteiger partial charge on any atom is -0.496 e. The van der Waals surface area contributed by atoms with Crippen LogP contribution < -0.4 is 14.8 Å². The number of amides is 2. The molecule has 0 aliphatic carbocycles. The molecule has 5 rings (SSSR count). The van der Waals surface area contributed by atoms with E-state index < -0.39 is 0 Å². The normalized spacial score (nSPS) is 11.7. The maximum atomic E-state index is 13.1. The van der Waals surface area contributed by atoms with E-state index >= 15 is 0 Å². The molecule has 0 spiro atoms. The summed E-state index contributed by atoms with van der Waals surface area (Å²) in [5.74, 6) is 0.881. The number of aromatic nitrogens is 4. The fourth-order valence-electron chi connectivity index (χ4n) is 4.80. The summed E-state index contributed by atoms with van der Waals surface area (Å²) in [4.78, 5) is 30.8. The number of methoxy groups -OCH3 is 1. The summed E-state index contributed by atoms with van der Waals surface area (Å²) in [7, 11) is 1.61. The lowest BCUT2D eigenvalue weighted by Crippen LogP contribution is -2.47. The molecule has 0 radical (unpaired) electrons. The largest absolute Gasteiger partial charge is 0.496 e. The fourth-order valence-corrected chi connectivity index (χ4v) is 4.80. The van der Waals surface area contributed by atoms with Crippen LogP contribution in [0.2, 0.25) is 0 Å². The second-order valence-corrected chi connectivity index (χ2v) is 9.67. The number of nitrogens with one attached hydrogen (secondary N) is 2. The Bertz CT molecular complexity index is 1600. The number of hydrogen-bond donors (Lipinski definition) is 2. The van der Waals surface area contributed by atoms with Crippen LogP contribution in [0.4, 0.5) is 0 Å². The van der Waals surface area contributed by atoms with Crippen molar-refractivity contribution < 1.29 is 19.1 Å². The summed E-state index contributed by atoms with van der Waals surface area (Å²) in [6.07, 6.45) is 5.83. The van der Waals surface area contributed by atoms with Crippen LogP contribution in [0, 0.1) is 0 Å². The Labute approximate surface area is 237 Å². The van der Waals surface area contributed by atoms with Crippen LogP contribution in [0.15, 0.2) is 91.4 Å². The first kappa shape index (κ1) is 27.4. The Kier molecular flexibility index (Phi) is 8.58. The maximum absolute atomic E-state index is 13.1. The highest BCUT2D eigenvalue weighted by Crippen LogP contribution is 2.22. The molecular weight excluding hydrogens is 520 g/mol. The summed E-state index contributed by atoms with van der Waals surface area (Å²) in [6, 6.07) is 22.5. The average molecular weight is 553 g/mol. The van der Waals surface area contributed by atoms with Crippen molar-refractivity contribution in [3.63, 3.8) is 0 Å². The summed E-state index contributed by atoms with van der Waals surface area (Å²) >= 11 is 0. The summed E-state index contributed by atoms with van der Waals surface area (Å²) in [6.45, 7) is 2.03. The third kappa shape index (κ3) is 6.91. The number of hydrogen-bond acceptors (Lipinski definition) is 6. The van der Waals surface area contributed by atoms with Crippen molar-refractivity contribution in [1.82, 2.24) is 30.2 Å². The number of fused-ring (bicyclic) bond motifs is 1. The summed E-state index contributed by atoms with van der Waals surface area (Å²) < 4.78 is 12.9. The number of nitrogens with zero attached hydrogens (tertiary/aromatic N) is 4. The topological polar surface area (TPSA) is 114 Å². The lowest BCUT2D eigenvalue weighted by atomic mass is 10.0. The molecule has 2 N–H and O–H groups in total. The van der Waals surface area contributed by atoms with Crippen molar-refractivity contribution in [2.24, 2.45) is 0 Å². The predicted octanol–water partition coefficient (Wildman–Crippen LogP) is 3.91. The van der Waals surface area contributed by atoms with Gasteiger partial charge in [-0.25, -0.2) is 4.68 Å². The molecule has 10 heteroatoms. The van der Waals surface area contributed by atoms with Crippen LogP contribution in [0.1, 0.15) is 18.1 Å². The van der Waals surface area contributed by atoms with Crippen molar-refractivity contribution in [1.29, 1.82) is 0 Å². The van der Waals surface area contributed by atoms with Gasteiger partial charge in [-0.3, -0.25) is 9.59 Å². The van der Waals surface area contributed by atoms with Crippen LogP contribution in [0.3, 0.4) is 0 Å². The van der Waals surface area contributed by atoms with Crippen LogP contribution in [-0.2, 0) is 22.6 Å². The molecule has 0 aliphatic rings. The molecule has 0 saturated heterocycles. The highest BCUT2D eigenvalue weighted by Gasteiger charge is 2.22. The van der Waals surface area contributed by atoms with E-state index in [4.69, 9.17) is 9.47 Å². The number of H-pyrrole nitrogens is 1. The van der Waals surface area contributed by atoms with Crippen LogP contribution in [0.5, 0.6) is 11.5 Å². The first-order chi connectivity index (χ1) is 20.0. The molecular formula is C31H32N6O4. The van der Waals surface area contributed by atoms with E-state index in [1.165, 1.54) is 6.92 Å². The Morgan fingerprint density at radius 3 is 2.56 bits per heavy atom. The van der Waals surface area contributed by atoms with E-state index in [2.05, 4.69) is 20.6 Å². The van der Waals surface area contributed by atoms with Gasteiger partial charge in [0.2, 0.25) is 5.91 Å². The molecule has 0 aliphatic heterocycles. The van der Waals surface area contributed by atoms with Gasteiger partial charge in [0.15, 0.2) is 6.61 Å². The third-order valence-corrected chi connectivity index (χ3v) is 6.84. The number of para-hydroxylation sites is 2.